The summed E-state index contributed by atoms with van der Waals surface area (Å²) >= 11 is 0. The molecule has 0 spiro atoms. The van der Waals surface area contributed by atoms with E-state index in [0.717, 1.165) is 37.9 Å². The van der Waals surface area contributed by atoms with Crippen LogP contribution in [0.1, 0.15) is 28.8 Å². The van der Waals surface area contributed by atoms with Gasteiger partial charge in [0, 0.05) is 24.3 Å². The quantitative estimate of drug-likeness (QED) is 0.694. The largest absolute Gasteiger partial charge is 0.493 e. The minimum Gasteiger partial charge on any atom is -0.493 e. The normalized spacial score (nSPS) is 13.1. The second kappa shape index (κ2) is 9.78. The molecular formula is C23H26N2O4. The number of hydrogen-bond donors (Lipinski definition) is 1. The van der Waals surface area contributed by atoms with Crippen molar-refractivity contribution in [2.45, 2.75) is 19.3 Å². The van der Waals surface area contributed by atoms with Gasteiger partial charge in [-0.15, -0.1) is 6.58 Å². The summed E-state index contributed by atoms with van der Waals surface area (Å²) in [5, 5.41) is 2.77. The topological polar surface area (TPSA) is 67.9 Å². The second-order valence-electron chi connectivity index (χ2n) is 6.89. The van der Waals surface area contributed by atoms with Crippen LogP contribution in [-0.2, 0) is 11.2 Å². The number of anilines is 1. The minimum atomic E-state index is -0.291. The van der Waals surface area contributed by atoms with Crippen LogP contribution < -0.4 is 14.8 Å². The molecule has 1 fully saturated rings. The van der Waals surface area contributed by atoms with Crippen molar-refractivity contribution in [3.05, 3.63) is 66.2 Å². The van der Waals surface area contributed by atoms with Gasteiger partial charge in [-0.25, -0.2) is 0 Å². The molecule has 1 N–H and O–H groups in total. The van der Waals surface area contributed by atoms with E-state index in [1.165, 1.54) is 0 Å². The van der Waals surface area contributed by atoms with Crippen LogP contribution in [0.25, 0.3) is 0 Å². The Kier molecular flexibility index (Phi) is 6.89. The smallest absolute Gasteiger partial charge is 0.262 e. The number of benzene rings is 2. The predicted molar refractivity (Wildman–Crippen MR) is 113 cm³/mol. The maximum atomic E-state index is 12.4. The van der Waals surface area contributed by atoms with Gasteiger partial charge in [-0.3, -0.25) is 9.59 Å². The van der Waals surface area contributed by atoms with Crippen LogP contribution >= 0.6 is 0 Å². The highest BCUT2D eigenvalue weighted by Gasteiger charge is 2.19. The first-order valence-electron chi connectivity index (χ1n) is 9.70. The molecule has 6 heteroatoms. The van der Waals surface area contributed by atoms with Crippen LogP contribution in [0.2, 0.25) is 0 Å². The molecule has 2 amide bonds. The Balaban J connectivity index is 1.54. The Morgan fingerprint density at radius 3 is 2.48 bits per heavy atom. The molecule has 0 saturated carbocycles. The van der Waals surface area contributed by atoms with Crippen LogP contribution in [0.4, 0.5) is 5.69 Å². The van der Waals surface area contributed by atoms with Gasteiger partial charge in [0.1, 0.15) is 0 Å². The summed E-state index contributed by atoms with van der Waals surface area (Å²) in [4.78, 5) is 26.4. The number of methoxy groups -OCH3 is 1. The number of carbonyl (C=O) groups excluding carboxylic acids is 2. The van der Waals surface area contributed by atoms with Gasteiger partial charge in [0.25, 0.3) is 11.8 Å². The van der Waals surface area contributed by atoms with Crippen molar-refractivity contribution in [2.24, 2.45) is 0 Å². The number of nitrogens with zero attached hydrogens (tertiary/aromatic N) is 1. The van der Waals surface area contributed by atoms with Gasteiger partial charge in [0.05, 0.1) is 7.11 Å². The van der Waals surface area contributed by atoms with E-state index >= 15 is 0 Å². The molecule has 3 rings (SSSR count). The number of likely N-dealkylation sites (tertiary alicyclic amines) is 1. The number of nitrogens with one attached hydrogen (secondary N) is 1. The maximum absolute atomic E-state index is 12.4. The molecule has 0 atom stereocenters. The van der Waals surface area contributed by atoms with Crippen molar-refractivity contribution < 1.29 is 19.1 Å². The Hall–Kier alpha value is -3.28. The molecule has 29 heavy (non-hydrogen) atoms. The van der Waals surface area contributed by atoms with E-state index in [9.17, 15) is 9.59 Å². The zero-order chi connectivity index (χ0) is 20.6. The third kappa shape index (κ3) is 5.38. The Labute approximate surface area is 171 Å². The van der Waals surface area contributed by atoms with Gasteiger partial charge < -0.3 is 19.7 Å². The third-order valence-electron chi connectivity index (χ3n) is 4.78. The second-order valence-corrected chi connectivity index (χ2v) is 6.89. The number of ether oxygens (including phenoxy) is 2. The summed E-state index contributed by atoms with van der Waals surface area (Å²) in [7, 11) is 1.56. The van der Waals surface area contributed by atoms with Gasteiger partial charge in [-0.1, -0.05) is 12.1 Å². The van der Waals surface area contributed by atoms with Gasteiger partial charge in [-0.05, 0) is 61.2 Å². The van der Waals surface area contributed by atoms with E-state index in [1.54, 1.807) is 37.4 Å². The summed E-state index contributed by atoms with van der Waals surface area (Å²) in [6.45, 7) is 5.20. The number of amides is 2. The van der Waals surface area contributed by atoms with Crippen LogP contribution in [0, 0.1) is 0 Å². The van der Waals surface area contributed by atoms with Crippen LogP contribution in [0.15, 0.2) is 55.1 Å². The van der Waals surface area contributed by atoms with Crippen molar-refractivity contribution in [1.82, 2.24) is 4.90 Å². The highest BCUT2D eigenvalue weighted by Crippen LogP contribution is 2.28. The maximum Gasteiger partial charge on any atom is 0.262 e. The minimum absolute atomic E-state index is 0.0377. The first-order chi connectivity index (χ1) is 14.1. The van der Waals surface area contributed by atoms with Gasteiger partial charge in [0.15, 0.2) is 18.1 Å². The number of allylic oxidation sites excluding steroid dienone is 1. The van der Waals surface area contributed by atoms with Crippen LogP contribution in [0.5, 0.6) is 11.5 Å². The Morgan fingerprint density at radius 1 is 1.10 bits per heavy atom. The monoisotopic (exact) mass is 394 g/mol. The summed E-state index contributed by atoms with van der Waals surface area (Å²) < 4.78 is 10.9. The Morgan fingerprint density at radius 2 is 1.83 bits per heavy atom. The highest BCUT2D eigenvalue weighted by molar-refractivity contribution is 5.96. The fraction of sp³-hybridized carbons (Fsp3) is 0.304. The van der Waals surface area contributed by atoms with E-state index < -0.39 is 0 Å². The SMILES string of the molecule is C=CCc1ccc(OCC(=O)Nc2ccc(C(=O)N3CCCC3)cc2)c(OC)c1. The molecular weight excluding hydrogens is 368 g/mol. The lowest BCUT2D eigenvalue weighted by Crippen LogP contribution is -2.27. The molecule has 2 aromatic rings. The van der Waals surface area contributed by atoms with Crippen molar-refractivity contribution >= 4 is 17.5 Å². The summed E-state index contributed by atoms with van der Waals surface area (Å²) in [6, 6.07) is 12.5. The summed E-state index contributed by atoms with van der Waals surface area (Å²) in [5.41, 5.74) is 2.30. The first-order valence-corrected chi connectivity index (χ1v) is 9.70. The average Bonchev–Trinajstić information content (AvgIpc) is 3.28. The zero-order valence-electron chi connectivity index (χ0n) is 16.6. The first kappa shape index (κ1) is 20.5. The van der Waals surface area contributed by atoms with E-state index in [1.807, 2.05) is 23.1 Å². The third-order valence-corrected chi connectivity index (χ3v) is 4.78. The lowest BCUT2D eigenvalue weighted by molar-refractivity contribution is -0.118. The van der Waals surface area contributed by atoms with Crippen molar-refractivity contribution in [2.75, 3.05) is 32.1 Å². The molecule has 0 unspecified atom stereocenters. The molecule has 0 aliphatic carbocycles. The number of hydrogen-bond acceptors (Lipinski definition) is 4. The zero-order valence-corrected chi connectivity index (χ0v) is 16.6. The molecule has 0 radical (unpaired) electrons. The Bertz CT molecular complexity index is 871. The number of carbonyl (C=O) groups is 2. The van der Waals surface area contributed by atoms with E-state index in [-0.39, 0.29) is 18.4 Å². The van der Waals surface area contributed by atoms with Gasteiger partial charge in [0.2, 0.25) is 0 Å². The molecule has 152 valence electrons. The molecule has 1 aliphatic rings. The molecule has 1 heterocycles. The molecule has 0 bridgehead atoms. The van der Waals surface area contributed by atoms with Crippen molar-refractivity contribution in [3.63, 3.8) is 0 Å². The van der Waals surface area contributed by atoms with E-state index in [0.29, 0.717) is 22.7 Å². The predicted octanol–water partition coefficient (Wildman–Crippen LogP) is 3.68. The fourth-order valence-corrected chi connectivity index (χ4v) is 3.26. The lowest BCUT2D eigenvalue weighted by Gasteiger charge is -2.15. The molecule has 2 aromatic carbocycles. The molecule has 1 aliphatic heterocycles. The highest BCUT2D eigenvalue weighted by atomic mass is 16.5. The fourth-order valence-electron chi connectivity index (χ4n) is 3.26. The summed E-state index contributed by atoms with van der Waals surface area (Å²) in [5.74, 6) is 0.820. The van der Waals surface area contributed by atoms with Gasteiger partial charge >= 0.3 is 0 Å². The van der Waals surface area contributed by atoms with E-state index in [4.69, 9.17) is 9.47 Å². The number of rotatable bonds is 8. The van der Waals surface area contributed by atoms with Crippen molar-refractivity contribution in [1.29, 1.82) is 0 Å². The molecule has 6 nitrogen and oxygen atoms in total. The lowest BCUT2D eigenvalue weighted by atomic mass is 10.1. The molecule has 0 aromatic heterocycles. The average molecular weight is 394 g/mol. The molecule has 1 saturated heterocycles. The standard InChI is InChI=1S/C23H26N2O4/c1-3-6-17-7-12-20(21(15-17)28-2)29-16-22(26)24-19-10-8-18(9-11-19)23(27)25-13-4-5-14-25/h3,7-12,15H,1,4-6,13-14,16H2,2H3,(H,24,26). The van der Waals surface area contributed by atoms with Gasteiger partial charge in [-0.2, -0.15) is 0 Å². The summed E-state index contributed by atoms with van der Waals surface area (Å²) in [6.07, 6.45) is 4.66. The van der Waals surface area contributed by atoms with Crippen molar-refractivity contribution in [3.8, 4) is 11.5 Å². The van der Waals surface area contributed by atoms with Crippen LogP contribution in [0.3, 0.4) is 0 Å². The van der Waals surface area contributed by atoms with Crippen LogP contribution in [-0.4, -0.2) is 43.5 Å². The van der Waals surface area contributed by atoms with E-state index in [2.05, 4.69) is 11.9 Å².